The molecule has 0 heterocycles. The average Bonchev–Trinajstić information content (AvgIpc) is 2.91. The van der Waals surface area contributed by atoms with Gasteiger partial charge in [0.2, 0.25) is 0 Å². The SMILES string of the molecule is CC[N+](CC)(CC)c1ccc(C(=Cc2ccccc2)c2ccc([N+](CC)(CC)CC)cc2)cc1. The summed E-state index contributed by atoms with van der Waals surface area (Å²) >= 11 is 0. The van der Waals surface area contributed by atoms with Crippen molar-refractivity contribution < 1.29 is 0 Å². The lowest BCUT2D eigenvalue weighted by atomic mass is 9.94. The van der Waals surface area contributed by atoms with Crippen LogP contribution in [-0.4, -0.2) is 39.3 Å². The van der Waals surface area contributed by atoms with Crippen molar-refractivity contribution in [3.8, 4) is 0 Å². The van der Waals surface area contributed by atoms with Crippen LogP contribution in [0.3, 0.4) is 0 Å². The van der Waals surface area contributed by atoms with E-state index >= 15 is 0 Å². The van der Waals surface area contributed by atoms with E-state index in [1.54, 1.807) is 0 Å². The Balaban J connectivity index is 2.07. The Morgan fingerprint density at radius 1 is 0.500 bits per heavy atom. The van der Waals surface area contributed by atoms with Crippen LogP contribution in [0.15, 0.2) is 78.9 Å². The van der Waals surface area contributed by atoms with E-state index in [0.29, 0.717) is 0 Å². The molecule has 0 saturated heterocycles. The number of quaternary nitrogens is 2. The molecular weight excluding hydrogens is 412 g/mol. The van der Waals surface area contributed by atoms with Gasteiger partial charge in [0.25, 0.3) is 0 Å². The van der Waals surface area contributed by atoms with Gasteiger partial charge in [-0.2, -0.15) is 0 Å². The molecule has 0 atom stereocenters. The highest BCUT2D eigenvalue weighted by molar-refractivity contribution is 5.92. The van der Waals surface area contributed by atoms with E-state index in [1.165, 1.54) is 33.6 Å². The Labute approximate surface area is 208 Å². The number of nitrogens with zero attached hydrogens (tertiary/aromatic N) is 2. The smallest absolute Gasteiger partial charge is 0.132 e. The molecule has 3 rings (SSSR count). The van der Waals surface area contributed by atoms with Crippen LogP contribution in [0.25, 0.3) is 11.6 Å². The Hall–Kier alpha value is -2.68. The first-order chi connectivity index (χ1) is 16.5. The van der Waals surface area contributed by atoms with Crippen molar-refractivity contribution in [1.29, 1.82) is 0 Å². The topological polar surface area (TPSA) is 0 Å². The van der Waals surface area contributed by atoms with Crippen LogP contribution < -0.4 is 8.97 Å². The summed E-state index contributed by atoms with van der Waals surface area (Å²) in [6, 6.07) is 29.3. The van der Waals surface area contributed by atoms with Gasteiger partial charge in [0.05, 0.1) is 39.3 Å². The molecule has 2 nitrogen and oxygen atoms in total. The van der Waals surface area contributed by atoms with Gasteiger partial charge >= 0.3 is 0 Å². The van der Waals surface area contributed by atoms with Crippen LogP contribution >= 0.6 is 0 Å². The molecule has 180 valence electrons. The fourth-order valence-electron chi connectivity index (χ4n) is 5.40. The first kappa shape index (κ1) is 25.9. The van der Waals surface area contributed by atoms with Gasteiger partial charge < -0.3 is 0 Å². The van der Waals surface area contributed by atoms with E-state index in [2.05, 4.69) is 126 Å². The predicted octanol–water partition coefficient (Wildman–Crippen LogP) is 8.01. The molecule has 0 amide bonds. The summed E-state index contributed by atoms with van der Waals surface area (Å²) in [5, 5.41) is 0. The summed E-state index contributed by atoms with van der Waals surface area (Å²) in [4.78, 5) is 0. The number of hydrogen-bond donors (Lipinski definition) is 0. The highest BCUT2D eigenvalue weighted by Gasteiger charge is 2.25. The summed E-state index contributed by atoms with van der Waals surface area (Å²) in [7, 11) is 0. The van der Waals surface area contributed by atoms with Crippen LogP contribution in [0.4, 0.5) is 11.4 Å². The summed E-state index contributed by atoms with van der Waals surface area (Å²) in [5.41, 5.74) is 7.85. The normalized spacial score (nSPS) is 11.9. The Morgan fingerprint density at radius 3 is 1.18 bits per heavy atom. The maximum Gasteiger partial charge on any atom is 0.132 e. The molecule has 0 unspecified atom stereocenters. The van der Waals surface area contributed by atoms with Crippen LogP contribution in [0, 0.1) is 0 Å². The molecule has 0 spiro atoms. The van der Waals surface area contributed by atoms with E-state index in [4.69, 9.17) is 0 Å². The molecule has 0 bridgehead atoms. The van der Waals surface area contributed by atoms with Crippen molar-refractivity contribution in [2.75, 3.05) is 39.3 Å². The fourth-order valence-corrected chi connectivity index (χ4v) is 5.40. The molecule has 0 radical (unpaired) electrons. The second kappa shape index (κ2) is 11.6. The summed E-state index contributed by atoms with van der Waals surface area (Å²) in [5.74, 6) is 0. The van der Waals surface area contributed by atoms with Crippen molar-refractivity contribution in [2.24, 2.45) is 0 Å². The number of rotatable bonds is 11. The zero-order valence-electron chi connectivity index (χ0n) is 22.2. The molecule has 0 saturated carbocycles. The van der Waals surface area contributed by atoms with Crippen LogP contribution in [0.5, 0.6) is 0 Å². The Bertz CT molecular complexity index is 956. The average molecular weight is 457 g/mol. The first-order valence-electron chi connectivity index (χ1n) is 13.2. The van der Waals surface area contributed by atoms with E-state index in [0.717, 1.165) is 48.2 Å². The Morgan fingerprint density at radius 2 is 0.853 bits per heavy atom. The van der Waals surface area contributed by atoms with Crippen LogP contribution in [0.2, 0.25) is 0 Å². The maximum absolute atomic E-state index is 2.34. The first-order valence-corrected chi connectivity index (χ1v) is 13.2. The Kier molecular flexibility index (Phi) is 8.88. The quantitative estimate of drug-likeness (QED) is 0.202. The number of benzene rings is 3. The van der Waals surface area contributed by atoms with E-state index < -0.39 is 0 Å². The molecule has 0 N–H and O–H groups in total. The van der Waals surface area contributed by atoms with Crippen molar-refractivity contribution in [1.82, 2.24) is 8.97 Å². The van der Waals surface area contributed by atoms with Crippen molar-refractivity contribution in [3.05, 3.63) is 95.6 Å². The van der Waals surface area contributed by atoms with Gasteiger partial charge in [-0.05, 0) is 118 Å². The minimum atomic E-state index is 1.03. The lowest BCUT2D eigenvalue weighted by Gasteiger charge is -2.35. The van der Waals surface area contributed by atoms with Crippen molar-refractivity contribution in [2.45, 2.75) is 41.5 Å². The van der Waals surface area contributed by atoms with Gasteiger partial charge in [-0.15, -0.1) is 0 Å². The lowest BCUT2D eigenvalue weighted by Crippen LogP contribution is -2.48. The highest BCUT2D eigenvalue weighted by Crippen LogP contribution is 2.32. The molecule has 34 heavy (non-hydrogen) atoms. The van der Waals surface area contributed by atoms with Gasteiger partial charge in [0.15, 0.2) is 0 Å². The monoisotopic (exact) mass is 456 g/mol. The van der Waals surface area contributed by atoms with E-state index in [-0.39, 0.29) is 0 Å². The largest absolute Gasteiger partial charge is 0.292 e. The molecule has 0 aliphatic heterocycles. The summed E-state index contributed by atoms with van der Waals surface area (Å²) < 4.78 is 2.05. The molecule has 3 aromatic carbocycles. The van der Waals surface area contributed by atoms with E-state index in [9.17, 15) is 0 Å². The third-order valence-electron chi connectivity index (χ3n) is 8.19. The summed E-state index contributed by atoms with van der Waals surface area (Å²) in [6.07, 6.45) is 2.33. The zero-order chi connectivity index (χ0) is 24.6. The maximum atomic E-state index is 2.34. The second-order valence-corrected chi connectivity index (χ2v) is 9.25. The minimum Gasteiger partial charge on any atom is -0.292 e. The molecule has 0 aliphatic carbocycles. The third kappa shape index (κ3) is 5.19. The standard InChI is InChI=1S/C32H44N2/c1-7-33(8-2,9-3)30-22-18-28(19-23-30)32(26-27-16-14-13-15-17-27)29-20-24-31(25-21-29)34(10-4,11-5)12-6/h13-26H,7-12H2,1-6H3/q+2. The molecule has 0 fully saturated rings. The van der Waals surface area contributed by atoms with Gasteiger partial charge in [-0.3, -0.25) is 8.97 Å². The minimum absolute atomic E-state index is 1.03. The molecule has 2 heteroatoms. The van der Waals surface area contributed by atoms with Crippen molar-refractivity contribution >= 4 is 23.0 Å². The van der Waals surface area contributed by atoms with Crippen molar-refractivity contribution in [3.63, 3.8) is 0 Å². The van der Waals surface area contributed by atoms with Crippen LogP contribution in [-0.2, 0) is 0 Å². The fraction of sp³-hybridized carbons (Fsp3) is 0.375. The van der Waals surface area contributed by atoms with Crippen LogP contribution in [0.1, 0.15) is 58.2 Å². The van der Waals surface area contributed by atoms with Gasteiger partial charge in [0, 0.05) is 0 Å². The summed E-state index contributed by atoms with van der Waals surface area (Å²) in [6.45, 7) is 20.5. The second-order valence-electron chi connectivity index (χ2n) is 9.25. The predicted molar refractivity (Wildman–Crippen MR) is 153 cm³/mol. The molecular formula is C32H44N2+2. The number of hydrogen-bond acceptors (Lipinski definition) is 0. The molecule has 0 aliphatic rings. The van der Waals surface area contributed by atoms with E-state index in [1.807, 2.05) is 0 Å². The third-order valence-corrected chi connectivity index (χ3v) is 8.19. The highest BCUT2D eigenvalue weighted by atomic mass is 15.4. The molecule has 0 aromatic heterocycles. The van der Waals surface area contributed by atoms with Gasteiger partial charge in [0.1, 0.15) is 11.4 Å². The zero-order valence-corrected chi connectivity index (χ0v) is 22.2. The van der Waals surface area contributed by atoms with Gasteiger partial charge in [-0.1, -0.05) is 30.3 Å². The molecule has 3 aromatic rings. The lowest BCUT2D eigenvalue weighted by molar-refractivity contribution is 0.316. The van der Waals surface area contributed by atoms with Gasteiger partial charge in [-0.25, -0.2) is 0 Å².